The van der Waals surface area contributed by atoms with Crippen molar-refractivity contribution < 1.29 is 19.1 Å². The van der Waals surface area contributed by atoms with Gasteiger partial charge < -0.3 is 14.4 Å². The number of allylic oxidation sites excluding steroid dienone is 3. The van der Waals surface area contributed by atoms with Crippen LogP contribution in [0.3, 0.4) is 0 Å². The van der Waals surface area contributed by atoms with E-state index in [9.17, 15) is 9.59 Å². The van der Waals surface area contributed by atoms with Crippen LogP contribution in [-0.4, -0.2) is 34.5 Å². The third-order valence-electron chi connectivity index (χ3n) is 4.37. The highest BCUT2D eigenvalue weighted by molar-refractivity contribution is 5.84. The molecular weight excluding hydrogens is 318 g/mol. The number of aryl methyl sites for hydroxylation is 1. The van der Waals surface area contributed by atoms with Crippen molar-refractivity contribution in [2.75, 3.05) is 6.54 Å². The summed E-state index contributed by atoms with van der Waals surface area (Å²) in [6.45, 7) is 2.84. The molecule has 136 valence electrons. The maximum Gasteiger partial charge on any atom is 0.371 e. The highest BCUT2D eigenvalue weighted by Crippen LogP contribution is 2.21. The lowest BCUT2D eigenvalue weighted by atomic mass is 10.2. The summed E-state index contributed by atoms with van der Waals surface area (Å²) in [7, 11) is 0. The minimum atomic E-state index is -1.06. The third kappa shape index (κ3) is 5.93. The summed E-state index contributed by atoms with van der Waals surface area (Å²) in [6, 6.07) is 3.32. The quantitative estimate of drug-likeness (QED) is 0.509. The summed E-state index contributed by atoms with van der Waals surface area (Å²) >= 11 is 0. The zero-order chi connectivity index (χ0) is 18.1. The Kier molecular flexibility index (Phi) is 7.51. The Morgan fingerprint density at radius 3 is 2.92 bits per heavy atom. The first kappa shape index (κ1) is 19.0. The monoisotopic (exact) mass is 345 g/mol. The second-order valence-corrected chi connectivity index (χ2v) is 6.32. The Morgan fingerprint density at radius 1 is 1.36 bits per heavy atom. The second-order valence-electron chi connectivity index (χ2n) is 6.32. The fourth-order valence-corrected chi connectivity index (χ4v) is 2.99. The van der Waals surface area contributed by atoms with Crippen molar-refractivity contribution in [1.82, 2.24) is 4.90 Å². The van der Waals surface area contributed by atoms with Gasteiger partial charge in [0.15, 0.2) is 0 Å². The van der Waals surface area contributed by atoms with Gasteiger partial charge in [-0.1, -0.05) is 44.1 Å². The lowest BCUT2D eigenvalue weighted by molar-refractivity contribution is -0.128. The maximum absolute atomic E-state index is 12.1. The van der Waals surface area contributed by atoms with Gasteiger partial charge in [0.05, 0.1) is 6.04 Å². The number of amides is 1. The number of aromatic carboxylic acids is 1. The van der Waals surface area contributed by atoms with Gasteiger partial charge in [-0.15, -0.1) is 0 Å². The van der Waals surface area contributed by atoms with Crippen LogP contribution in [0.25, 0.3) is 0 Å². The van der Waals surface area contributed by atoms with E-state index in [0.717, 1.165) is 19.3 Å². The van der Waals surface area contributed by atoms with Crippen LogP contribution in [0, 0.1) is 0 Å². The molecular formula is C20H27NO4. The summed E-state index contributed by atoms with van der Waals surface area (Å²) < 4.78 is 5.25. The standard InChI is InChI=1S/C20H27NO4/c1-2-3-4-5-6-7-9-16-11-14-19(22)21(16)15-8-10-17-12-13-18(25-17)20(23)24/h5-7,9,12-13,16H,2-4,8,10-11,14-15H2,1H3,(H,23,24)/b6-5+,9-7-/t16-/m0/s1. The number of carboxylic acids is 1. The van der Waals surface area contributed by atoms with E-state index >= 15 is 0 Å². The predicted molar refractivity (Wildman–Crippen MR) is 96.5 cm³/mol. The van der Waals surface area contributed by atoms with E-state index in [0.29, 0.717) is 25.1 Å². The molecule has 2 heterocycles. The lowest BCUT2D eigenvalue weighted by Crippen LogP contribution is -2.32. The maximum atomic E-state index is 12.1. The number of nitrogens with zero attached hydrogens (tertiary/aromatic N) is 1. The highest BCUT2D eigenvalue weighted by atomic mass is 16.4. The van der Waals surface area contributed by atoms with Crippen LogP contribution < -0.4 is 0 Å². The van der Waals surface area contributed by atoms with Crippen LogP contribution in [0.15, 0.2) is 40.9 Å². The molecule has 0 saturated carbocycles. The van der Waals surface area contributed by atoms with E-state index in [-0.39, 0.29) is 17.7 Å². The van der Waals surface area contributed by atoms with Crippen molar-refractivity contribution in [2.24, 2.45) is 0 Å². The molecule has 1 fully saturated rings. The number of rotatable bonds is 10. The van der Waals surface area contributed by atoms with Gasteiger partial charge in [-0.2, -0.15) is 0 Å². The van der Waals surface area contributed by atoms with Gasteiger partial charge in [0.1, 0.15) is 5.76 Å². The van der Waals surface area contributed by atoms with E-state index in [1.54, 1.807) is 6.07 Å². The molecule has 1 N–H and O–H groups in total. The number of carbonyl (C=O) groups excluding carboxylic acids is 1. The molecule has 1 atom stereocenters. The van der Waals surface area contributed by atoms with Crippen molar-refractivity contribution in [3.63, 3.8) is 0 Å². The first-order valence-corrected chi connectivity index (χ1v) is 9.06. The summed E-state index contributed by atoms with van der Waals surface area (Å²) in [5.41, 5.74) is 0. The summed E-state index contributed by atoms with van der Waals surface area (Å²) in [4.78, 5) is 24.8. The summed E-state index contributed by atoms with van der Waals surface area (Å²) in [5, 5.41) is 8.86. The molecule has 25 heavy (non-hydrogen) atoms. The van der Waals surface area contributed by atoms with E-state index in [2.05, 4.69) is 25.2 Å². The van der Waals surface area contributed by atoms with Crippen molar-refractivity contribution in [3.8, 4) is 0 Å². The predicted octanol–water partition coefficient (Wildman–Crippen LogP) is 4.20. The van der Waals surface area contributed by atoms with Crippen LogP contribution in [0.4, 0.5) is 0 Å². The fourth-order valence-electron chi connectivity index (χ4n) is 2.99. The molecule has 0 aliphatic carbocycles. The van der Waals surface area contributed by atoms with Gasteiger partial charge in [0, 0.05) is 19.4 Å². The molecule has 0 aromatic carbocycles. The Balaban J connectivity index is 1.79. The number of carbonyl (C=O) groups is 2. The minimum Gasteiger partial charge on any atom is -0.475 e. The Bertz CT molecular complexity index is 629. The second kappa shape index (κ2) is 9.87. The average molecular weight is 345 g/mol. The number of hydrogen-bond donors (Lipinski definition) is 1. The van der Waals surface area contributed by atoms with Crippen LogP contribution in [-0.2, 0) is 11.2 Å². The van der Waals surface area contributed by atoms with Crippen LogP contribution in [0.2, 0.25) is 0 Å². The van der Waals surface area contributed by atoms with Crippen molar-refractivity contribution in [2.45, 2.75) is 57.9 Å². The molecule has 1 aromatic heterocycles. The topological polar surface area (TPSA) is 70.8 Å². The van der Waals surface area contributed by atoms with Gasteiger partial charge in [0.2, 0.25) is 11.7 Å². The van der Waals surface area contributed by atoms with Gasteiger partial charge in [0.25, 0.3) is 0 Å². The molecule has 2 rings (SSSR count). The molecule has 0 spiro atoms. The van der Waals surface area contributed by atoms with Gasteiger partial charge in [-0.05, 0) is 31.4 Å². The zero-order valence-electron chi connectivity index (χ0n) is 14.8. The largest absolute Gasteiger partial charge is 0.475 e. The number of hydrogen-bond acceptors (Lipinski definition) is 3. The van der Waals surface area contributed by atoms with Crippen LogP contribution >= 0.6 is 0 Å². The average Bonchev–Trinajstić information content (AvgIpc) is 3.19. The first-order chi connectivity index (χ1) is 12.1. The molecule has 5 heteroatoms. The van der Waals surface area contributed by atoms with E-state index in [4.69, 9.17) is 9.52 Å². The fraction of sp³-hybridized carbons (Fsp3) is 0.500. The van der Waals surface area contributed by atoms with Crippen molar-refractivity contribution in [1.29, 1.82) is 0 Å². The SMILES string of the molecule is CCCC/C=C/C=C\[C@H]1CCC(=O)N1CCCc1ccc(C(=O)O)o1. The van der Waals surface area contributed by atoms with Gasteiger partial charge in [-0.25, -0.2) is 4.79 Å². The smallest absolute Gasteiger partial charge is 0.371 e. The molecule has 5 nitrogen and oxygen atoms in total. The van der Waals surface area contributed by atoms with Crippen molar-refractivity contribution in [3.05, 3.63) is 48.0 Å². The molecule has 0 bridgehead atoms. The highest BCUT2D eigenvalue weighted by Gasteiger charge is 2.28. The van der Waals surface area contributed by atoms with Crippen LogP contribution in [0.1, 0.15) is 61.8 Å². The Hall–Kier alpha value is -2.30. The molecule has 1 aliphatic heterocycles. The summed E-state index contributed by atoms with van der Waals surface area (Å²) in [6.07, 6.45) is 14.7. The van der Waals surface area contributed by atoms with Gasteiger partial charge >= 0.3 is 5.97 Å². The van der Waals surface area contributed by atoms with E-state index in [1.807, 2.05) is 11.0 Å². The molecule has 1 amide bonds. The van der Waals surface area contributed by atoms with Crippen LogP contribution in [0.5, 0.6) is 0 Å². The molecule has 1 saturated heterocycles. The molecule has 0 unspecified atom stereocenters. The Labute approximate surface area is 149 Å². The summed E-state index contributed by atoms with van der Waals surface area (Å²) in [5.74, 6) is -0.258. The first-order valence-electron chi connectivity index (χ1n) is 9.06. The van der Waals surface area contributed by atoms with Crippen molar-refractivity contribution >= 4 is 11.9 Å². The number of likely N-dealkylation sites (tertiary alicyclic amines) is 1. The molecule has 1 aromatic rings. The Morgan fingerprint density at radius 2 is 2.20 bits per heavy atom. The third-order valence-corrected chi connectivity index (χ3v) is 4.37. The number of furan rings is 1. The molecule has 0 radical (unpaired) electrons. The minimum absolute atomic E-state index is 0.0390. The number of unbranched alkanes of at least 4 members (excludes halogenated alkanes) is 2. The van der Waals surface area contributed by atoms with E-state index in [1.165, 1.54) is 18.9 Å². The van der Waals surface area contributed by atoms with E-state index < -0.39 is 5.97 Å². The van der Waals surface area contributed by atoms with Gasteiger partial charge in [-0.3, -0.25) is 4.79 Å². The lowest BCUT2D eigenvalue weighted by Gasteiger charge is -2.22. The molecule has 1 aliphatic rings. The normalized spacial score (nSPS) is 18.0. The zero-order valence-corrected chi connectivity index (χ0v) is 14.8. The number of carboxylic acid groups (broad SMARTS) is 1.